The van der Waals surface area contributed by atoms with Gasteiger partial charge < -0.3 is 9.47 Å². The molecule has 8 nitrogen and oxygen atoms in total. The molecule has 1 aromatic heterocycles. The zero-order valence-corrected chi connectivity index (χ0v) is 17.1. The molecule has 0 aliphatic carbocycles. The molecule has 0 bridgehead atoms. The molecule has 4 rings (SSSR count). The Morgan fingerprint density at radius 3 is 2.66 bits per heavy atom. The van der Waals surface area contributed by atoms with E-state index in [2.05, 4.69) is 14.9 Å². The Bertz CT molecular complexity index is 1200. The minimum absolute atomic E-state index is 0.00468. The Balaban J connectivity index is 1.69. The number of sulfonamides is 1. The summed E-state index contributed by atoms with van der Waals surface area (Å²) in [6.07, 6.45) is 2.18. The van der Waals surface area contributed by atoms with Gasteiger partial charge in [0, 0.05) is 31.3 Å². The molecular weight excluding hydrogens is 390 g/mol. The van der Waals surface area contributed by atoms with Crippen molar-refractivity contribution in [2.45, 2.75) is 31.2 Å². The fraction of sp³-hybridized carbons (Fsp3) is 0.250. The normalized spacial score (nSPS) is 16.0. The number of benzene rings is 2. The molecule has 1 aliphatic heterocycles. The van der Waals surface area contributed by atoms with Crippen LogP contribution in [0, 0.1) is 0 Å². The molecule has 0 spiro atoms. The quantitative estimate of drug-likeness (QED) is 0.712. The van der Waals surface area contributed by atoms with Crippen LogP contribution in [0.5, 0.6) is 0 Å². The summed E-state index contributed by atoms with van der Waals surface area (Å²) in [5.74, 6) is 0.505. The van der Waals surface area contributed by atoms with Crippen molar-refractivity contribution in [3.63, 3.8) is 0 Å². The van der Waals surface area contributed by atoms with Gasteiger partial charge >= 0.3 is 0 Å². The lowest BCUT2D eigenvalue weighted by atomic mass is 10.1. The van der Waals surface area contributed by atoms with E-state index in [9.17, 15) is 13.2 Å². The van der Waals surface area contributed by atoms with Crippen molar-refractivity contribution < 1.29 is 13.2 Å². The molecule has 0 radical (unpaired) electrons. The van der Waals surface area contributed by atoms with Gasteiger partial charge in [0.05, 0.1) is 10.6 Å². The van der Waals surface area contributed by atoms with E-state index in [1.807, 2.05) is 13.0 Å². The van der Waals surface area contributed by atoms with Gasteiger partial charge in [-0.2, -0.15) is 0 Å². The SMILES string of the molecule is CC(=O)N1c2ccc(S(=O)(=O)Nc3ccccc3-c3nncn3C)cc2CC1C. The van der Waals surface area contributed by atoms with Crippen LogP contribution in [-0.4, -0.2) is 35.1 Å². The molecule has 0 saturated heterocycles. The fourth-order valence-corrected chi connectivity index (χ4v) is 4.88. The van der Waals surface area contributed by atoms with Crippen LogP contribution in [0.4, 0.5) is 11.4 Å². The van der Waals surface area contributed by atoms with Crippen LogP contribution >= 0.6 is 0 Å². The Morgan fingerprint density at radius 2 is 1.97 bits per heavy atom. The van der Waals surface area contributed by atoms with Gasteiger partial charge in [0.1, 0.15) is 6.33 Å². The largest absolute Gasteiger partial charge is 0.317 e. The van der Waals surface area contributed by atoms with E-state index in [1.54, 1.807) is 53.2 Å². The number of amides is 1. The molecule has 2 aromatic carbocycles. The van der Waals surface area contributed by atoms with Crippen LogP contribution < -0.4 is 9.62 Å². The number of hydrogen-bond acceptors (Lipinski definition) is 5. The van der Waals surface area contributed by atoms with Gasteiger partial charge in [-0.1, -0.05) is 12.1 Å². The Labute approximate surface area is 169 Å². The molecule has 1 N–H and O–H groups in total. The van der Waals surface area contributed by atoms with Crippen LogP contribution in [0.2, 0.25) is 0 Å². The predicted molar refractivity (Wildman–Crippen MR) is 110 cm³/mol. The molecule has 3 aromatic rings. The number of aryl methyl sites for hydroxylation is 1. The van der Waals surface area contributed by atoms with Gasteiger partial charge in [-0.15, -0.1) is 10.2 Å². The first-order valence-corrected chi connectivity index (χ1v) is 10.6. The number of para-hydroxylation sites is 1. The van der Waals surface area contributed by atoms with Crippen molar-refractivity contribution >= 4 is 27.3 Å². The molecule has 29 heavy (non-hydrogen) atoms. The van der Waals surface area contributed by atoms with E-state index in [4.69, 9.17) is 0 Å². The molecule has 0 saturated carbocycles. The fourth-order valence-electron chi connectivity index (χ4n) is 3.75. The van der Waals surface area contributed by atoms with Gasteiger partial charge in [0.25, 0.3) is 10.0 Å². The summed E-state index contributed by atoms with van der Waals surface area (Å²) in [4.78, 5) is 13.8. The number of fused-ring (bicyclic) bond motifs is 1. The molecule has 1 amide bonds. The first-order valence-electron chi connectivity index (χ1n) is 9.17. The monoisotopic (exact) mass is 411 g/mol. The summed E-state index contributed by atoms with van der Waals surface area (Å²) < 4.78 is 30.5. The van der Waals surface area contributed by atoms with E-state index < -0.39 is 10.0 Å². The highest BCUT2D eigenvalue weighted by molar-refractivity contribution is 7.92. The summed E-state index contributed by atoms with van der Waals surface area (Å²) in [6, 6.07) is 11.9. The summed E-state index contributed by atoms with van der Waals surface area (Å²) >= 11 is 0. The molecule has 1 atom stereocenters. The van der Waals surface area contributed by atoms with Crippen molar-refractivity contribution in [3.05, 3.63) is 54.4 Å². The molecule has 0 fully saturated rings. The average molecular weight is 411 g/mol. The zero-order valence-electron chi connectivity index (χ0n) is 16.3. The maximum atomic E-state index is 13.1. The van der Waals surface area contributed by atoms with Crippen LogP contribution in [0.1, 0.15) is 19.4 Å². The Hall–Kier alpha value is -3.20. The highest BCUT2D eigenvalue weighted by atomic mass is 32.2. The van der Waals surface area contributed by atoms with E-state index in [1.165, 1.54) is 13.0 Å². The number of carbonyl (C=O) groups is 1. The van der Waals surface area contributed by atoms with Crippen molar-refractivity contribution in [1.29, 1.82) is 0 Å². The van der Waals surface area contributed by atoms with Gasteiger partial charge in [0.15, 0.2) is 5.82 Å². The molecule has 1 aliphatic rings. The number of nitrogens with zero attached hydrogens (tertiary/aromatic N) is 4. The topological polar surface area (TPSA) is 97.2 Å². The van der Waals surface area contributed by atoms with E-state index in [-0.39, 0.29) is 16.8 Å². The van der Waals surface area contributed by atoms with Gasteiger partial charge in [-0.25, -0.2) is 8.42 Å². The third-order valence-electron chi connectivity index (χ3n) is 5.04. The van der Waals surface area contributed by atoms with Crippen LogP contribution in [0.25, 0.3) is 11.4 Å². The predicted octanol–water partition coefficient (Wildman–Crippen LogP) is 2.58. The minimum Gasteiger partial charge on any atom is -0.317 e. The molecule has 1 unspecified atom stereocenters. The standard InChI is InChI=1S/C20H21N5O3S/c1-13-10-15-11-16(8-9-19(15)25(13)14(2)26)29(27,28)23-18-7-5-4-6-17(18)20-22-21-12-24(20)3/h4-9,11-13,23H,10H2,1-3H3. The van der Waals surface area contributed by atoms with Crippen molar-refractivity contribution in [3.8, 4) is 11.4 Å². The zero-order chi connectivity index (χ0) is 20.8. The lowest BCUT2D eigenvalue weighted by molar-refractivity contribution is -0.116. The Kier molecular flexibility index (Phi) is 4.62. The van der Waals surface area contributed by atoms with Crippen molar-refractivity contribution in [2.75, 3.05) is 9.62 Å². The summed E-state index contributed by atoms with van der Waals surface area (Å²) in [7, 11) is -2.03. The number of anilines is 2. The van der Waals surface area contributed by atoms with E-state index in [0.29, 0.717) is 23.5 Å². The third-order valence-corrected chi connectivity index (χ3v) is 6.40. The van der Waals surface area contributed by atoms with Crippen LogP contribution in [0.3, 0.4) is 0 Å². The van der Waals surface area contributed by atoms with E-state index in [0.717, 1.165) is 11.3 Å². The van der Waals surface area contributed by atoms with Gasteiger partial charge in [-0.3, -0.25) is 9.52 Å². The number of nitrogens with one attached hydrogen (secondary N) is 1. The average Bonchev–Trinajstić information content (AvgIpc) is 3.23. The minimum atomic E-state index is -3.83. The first-order chi connectivity index (χ1) is 13.8. The smallest absolute Gasteiger partial charge is 0.261 e. The summed E-state index contributed by atoms with van der Waals surface area (Å²) in [6.45, 7) is 3.46. The molecular formula is C20H21N5O3S. The van der Waals surface area contributed by atoms with Crippen LogP contribution in [0.15, 0.2) is 53.7 Å². The summed E-state index contributed by atoms with van der Waals surface area (Å²) in [5.41, 5.74) is 2.66. The lowest BCUT2D eigenvalue weighted by Crippen LogP contribution is -2.33. The number of aromatic nitrogens is 3. The van der Waals surface area contributed by atoms with Crippen LogP contribution in [-0.2, 0) is 28.3 Å². The molecule has 150 valence electrons. The van der Waals surface area contributed by atoms with Crippen molar-refractivity contribution in [2.24, 2.45) is 7.05 Å². The Morgan fingerprint density at radius 1 is 1.21 bits per heavy atom. The maximum absolute atomic E-state index is 13.1. The van der Waals surface area contributed by atoms with Gasteiger partial charge in [-0.05, 0) is 49.2 Å². The second kappa shape index (κ2) is 7.00. The van der Waals surface area contributed by atoms with E-state index >= 15 is 0 Å². The summed E-state index contributed by atoms with van der Waals surface area (Å²) in [5, 5.41) is 7.94. The highest BCUT2D eigenvalue weighted by Gasteiger charge is 2.30. The molecule has 2 heterocycles. The number of carbonyl (C=O) groups excluding carboxylic acids is 1. The highest BCUT2D eigenvalue weighted by Crippen LogP contribution is 2.35. The number of hydrogen-bond donors (Lipinski definition) is 1. The van der Waals surface area contributed by atoms with Gasteiger partial charge in [0.2, 0.25) is 5.91 Å². The number of rotatable bonds is 4. The maximum Gasteiger partial charge on any atom is 0.261 e. The third kappa shape index (κ3) is 3.38. The van der Waals surface area contributed by atoms with Crippen molar-refractivity contribution in [1.82, 2.24) is 14.8 Å². The first kappa shape index (κ1) is 19.1. The lowest BCUT2D eigenvalue weighted by Gasteiger charge is -2.20. The second-order valence-corrected chi connectivity index (χ2v) is 8.83. The molecule has 9 heteroatoms. The second-order valence-electron chi connectivity index (χ2n) is 7.15.